The van der Waals surface area contributed by atoms with Crippen LogP contribution in [0.25, 0.3) is 0 Å². The van der Waals surface area contributed by atoms with Gasteiger partial charge in [-0.25, -0.2) is 4.39 Å². The van der Waals surface area contributed by atoms with Gasteiger partial charge < -0.3 is 11.1 Å². The molecule has 0 heterocycles. The third-order valence-corrected chi connectivity index (χ3v) is 3.50. The summed E-state index contributed by atoms with van der Waals surface area (Å²) in [7, 11) is 0. The summed E-state index contributed by atoms with van der Waals surface area (Å²) in [5.74, 6) is -0.345. The van der Waals surface area contributed by atoms with E-state index in [4.69, 9.17) is 5.73 Å². The average Bonchev–Trinajstić information content (AvgIpc) is 2.38. The maximum Gasteiger partial charge on any atom is 0.227 e. The number of amides is 1. The highest BCUT2D eigenvalue weighted by molar-refractivity contribution is 5.82. The van der Waals surface area contributed by atoms with Crippen LogP contribution in [0.3, 0.4) is 0 Å². The Kier molecular flexibility index (Phi) is 4.84. The van der Waals surface area contributed by atoms with Crippen molar-refractivity contribution in [2.24, 2.45) is 11.1 Å². The van der Waals surface area contributed by atoms with Gasteiger partial charge in [0.2, 0.25) is 5.91 Å². The summed E-state index contributed by atoms with van der Waals surface area (Å²) >= 11 is 0. The van der Waals surface area contributed by atoms with Crippen molar-refractivity contribution in [3.05, 3.63) is 35.6 Å². The van der Waals surface area contributed by atoms with E-state index in [1.165, 1.54) is 12.1 Å². The van der Waals surface area contributed by atoms with E-state index in [-0.39, 0.29) is 17.8 Å². The fraction of sp³-hybridized carbons (Fsp3) is 0.500. The fourth-order valence-electron chi connectivity index (χ4n) is 1.60. The number of hydrogen-bond donors (Lipinski definition) is 2. The van der Waals surface area contributed by atoms with Crippen LogP contribution in [-0.4, -0.2) is 12.5 Å². The monoisotopic (exact) mass is 252 g/mol. The molecule has 18 heavy (non-hydrogen) atoms. The Morgan fingerprint density at radius 3 is 2.44 bits per heavy atom. The van der Waals surface area contributed by atoms with Gasteiger partial charge in [-0.05, 0) is 38.0 Å². The van der Waals surface area contributed by atoms with Crippen molar-refractivity contribution in [1.29, 1.82) is 0 Å². The predicted octanol–water partition coefficient (Wildman–Crippen LogP) is 2.38. The SMILES string of the molecule is CCC(C)(CN)C(=O)NC(C)c1ccc(F)cc1. The molecule has 0 aliphatic heterocycles. The number of rotatable bonds is 5. The largest absolute Gasteiger partial charge is 0.349 e. The van der Waals surface area contributed by atoms with E-state index >= 15 is 0 Å². The molecule has 0 aromatic heterocycles. The Bertz CT molecular complexity index is 399. The second kappa shape index (κ2) is 5.96. The lowest BCUT2D eigenvalue weighted by Gasteiger charge is -2.27. The van der Waals surface area contributed by atoms with E-state index in [0.29, 0.717) is 13.0 Å². The Morgan fingerprint density at radius 1 is 1.44 bits per heavy atom. The molecule has 0 spiro atoms. The second-order valence-corrected chi connectivity index (χ2v) is 4.87. The van der Waals surface area contributed by atoms with Crippen LogP contribution in [0.5, 0.6) is 0 Å². The first-order valence-electron chi connectivity index (χ1n) is 6.19. The van der Waals surface area contributed by atoms with E-state index in [2.05, 4.69) is 5.32 Å². The van der Waals surface area contributed by atoms with Gasteiger partial charge in [0.15, 0.2) is 0 Å². The standard InChI is InChI=1S/C14H21FN2O/c1-4-14(3,9-16)13(18)17-10(2)11-5-7-12(15)8-6-11/h5-8,10H,4,9,16H2,1-3H3,(H,17,18). The number of carbonyl (C=O) groups is 1. The third kappa shape index (κ3) is 3.29. The molecule has 1 rings (SSSR count). The van der Waals surface area contributed by atoms with Gasteiger partial charge in [0.1, 0.15) is 5.82 Å². The number of nitrogens with two attached hydrogens (primary N) is 1. The average molecular weight is 252 g/mol. The molecule has 2 atom stereocenters. The zero-order chi connectivity index (χ0) is 13.8. The molecule has 1 aromatic rings. The first kappa shape index (κ1) is 14.6. The van der Waals surface area contributed by atoms with Gasteiger partial charge in [0.05, 0.1) is 11.5 Å². The van der Waals surface area contributed by atoms with Crippen molar-refractivity contribution in [1.82, 2.24) is 5.32 Å². The number of nitrogens with one attached hydrogen (secondary N) is 1. The molecule has 0 saturated heterocycles. The highest BCUT2D eigenvalue weighted by Gasteiger charge is 2.30. The van der Waals surface area contributed by atoms with Crippen LogP contribution in [0.4, 0.5) is 4.39 Å². The summed E-state index contributed by atoms with van der Waals surface area (Å²) < 4.78 is 12.8. The van der Waals surface area contributed by atoms with Crippen LogP contribution in [0.2, 0.25) is 0 Å². The highest BCUT2D eigenvalue weighted by Crippen LogP contribution is 2.21. The minimum Gasteiger partial charge on any atom is -0.349 e. The molecule has 4 heteroatoms. The summed E-state index contributed by atoms with van der Waals surface area (Å²) in [6.07, 6.45) is 0.686. The molecule has 2 unspecified atom stereocenters. The van der Waals surface area contributed by atoms with Crippen molar-refractivity contribution >= 4 is 5.91 Å². The highest BCUT2D eigenvalue weighted by atomic mass is 19.1. The fourth-order valence-corrected chi connectivity index (χ4v) is 1.60. The van der Waals surface area contributed by atoms with E-state index < -0.39 is 5.41 Å². The summed E-state index contributed by atoms with van der Waals surface area (Å²) in [6, 6.07) is 5.97. The minimum absolute atomic E-state index is 0.0654. The van der Waals surface area contributed by atoms with Gasteiger partial charge in [-0.1, -0.05) is 19.1 Å². The van der Waals surface area contributed by atoms with Gasteiger partial charge >= 0.3 is 0 Å². The molecule has 0 radical (unpaired) electrons. The first-order valence-corrected chi connectivity index (χ1v) is 6.19. The molecule has 1 aromatic carbocycles. The lowest BCUT2D eigenvalue weighted by atomic mass is 9.86. The van der Waals surface area contributed by atoms with Crippen LogP contribution in [0.15, 0.2) is 24.3 Å². The number of hydrogen-bond acceptors (Lipinski definition) is 2. The van der Waals surface area contributed by atoms with Crippen molar-refractivity contribution in [2.75, 3.05) is 6.54 Å². The summed E-state index contributed by atoms with van der Waals surface area (Å²) in [4.78, 5) is 12.1. The number of carbonyl (C=O) groups excluding carboxylic acids is 1. The van der Waals surface area contributed by atoms with E-state index in [9.17, 15) is 9.18 Å². The quantitative estimate of drug-likeness (QED) is 0.845. The maximum atomic E-state index is 12.8. The van der Waals surface area contributed by atoms with Gasteiger partial charge in [-0.2, -0.15) is 0 Å². The van der Waals surface area contributed by atoms with Crippen LogP contribution in [0.1, 0.15) is 38.8 Å². The van der Waals surface area contributed by atoms with Crippen LogP contribution in [0, 0.1) is 11.2 Å². The van der Waals surface area contributed by atoms with Crippen molar-refractivity contribution in [3.63, 3.8) is 0 Å². The van der Waals surface area contributed by atoms with Gasteiger partial charge in [0.25, 0.3) is 0 Å². The van der Waals surface area contributed by atoms with Crippen molar-refractivity contribution in [3.8, 4) is 0 Å². The van der Waals surface area contributed by atoms with Gasteiger partial charge in [0, 0.05) is 6.54 Å². The zero-order valence-electron chi connectivity index (χ0n) is 11.2. The zero-order valence-corrected chi connectivity index (χ0v) is 11.2. The molecule has 1 amide bonds. The minimum atomic E-state index is -0.547. The molecule has 0 saturated carbocycles. The second-order valence-electron chi connectivity index (χ2n) is 4.87. The van der Waals surface area contributed by atoms with Gasteiger partial charge in [-0.15, -0.1) is 0 Å². The predicted molar refractivity (Wildman–Crippen MR) is 70.4 cm³/mol. The summed E-state index contributed by atoms with van der Waals surface area (Å²) in [5.41, 5.74) is 5.97. The number of halogens is 1. The Labute approximate surface area is 108 Å². The normalized spacial score (nSPS) is 15.8. The molecule has 3 nitrogen and oxygen atoms in total. The first-order chi connectivity index (χ1) is 8.42. The molecule has 3 N–H and O–H groups in total. The summed E-state index contributed by atoms with van der Waals surface area (Å²) in [6.45, 7) is 5.97. The molecule has 0 aliphatic rings. The van der Waals surface area contributed by atoms with Crippen LogP contribution < -0.4 is 11.1 Å². The van der Waals surface area contributed by atoms with Gasteiger partial charge in [-0.3, -0.25) is 4.79 Å². The van der Waals surface area contributed by atoms with Crippen molar-refractivity contribution < 1.29 is 9.18 Å². The van der Waals surface area contributed by atoms with Crippen LogP contribution >= 0.6 is 0 Å². The van der Waals surface area contributed by atoms with E-state index in [1.54, 1.807) is 12.1 Å². The molecular formula is C14H21FN2O. The molecule has 0 aliphatic carbocycles. The van der Waals surface area contributed by atoms with E-state index in [1.807, 2.05) is 20.8 Å². The Balaban J connectivity index is 2.73. The topological polar surface area (TPSA) is 55.1 Å². The smallest absolute Gasteiger partial charge is 0.227 e. The molecule has 0 fully saturated rings. The molecular weight excluding hydrogens is 231 g/mol. The van der Waals surface area contributed by atoms with E-state index in [0.717, 1.165) is 5.56 Å². The lowest BCUT2D eigenvalue weighted by Crippen LogP contribution is -2.44. The molecule has 0 bridgehead atoms. The third-order valence-electron chi connectivity index (χ3n) is 3.50. The number of benzene rings is 1. The Morgan fingerprint density at radius 2 is 2.00 bits per heavy atom. The summed E-state index contributed by atoms with van der Waals surface area (Å²) in [5, 5.41) is 2.92. The maximum absolute atomic E-state index is 12.8. The van der Waals surface area contributed by atoms with Crippen LogP contribution in [-0.2, 0) is 4.79 Å². The lowest BCUT2D eigenvalue weighted by molar-refractivity contribution is -0.130. The molecule has 100 valence electrons. The Hall–Kier alpha value is -1.42. The van der Waals surface area contributed by atoms with Crippen molar-refractivity contribution in [2.45, 2.75) is 33.2 Å².